The second-order valence-corrected chi connectivity index (χ2v) is 7.54. The molecule has 0 aromatic heterocycles. The molecule has 0 bridgehead atoms. The van der Waals surface area contributed by atoms with Gasteiger partial charge in [-0.15, -0.1) is 0 Å². The van der Waals surface area contributed by atoms with Gasteiger partial charge in [0.25, 0.3) is 0 Å². The van der Waals surface area contributed by atoms with Crippen molar-refractivity contribution < 1.29 is 4.79 Å². The predicted octanol–water partition coefficient (Wildman–Crippen LogP) is 2.62. The fourth-order valence-corrected chi connectivity index (χ4v) is 5.87. The summed E-state index contributed by atoms with van der Waals surface area (Å²) in [4.78, 5) is 10.3. The molecule has 1 aliphatic rings. The van der Waals surface area contributed by atoms with Crippen LogP contribution in [0, 0.1) is 5.92 Å². The van der Waals surface area contributed by atoms with Crippen molar-refractivity contribution in [2.75, 3.05) is 0 Å². The van der Waals surface area contributed by atoms with Crippen molar-refractivity contribution in [1.29, 1.82) is 0 Å². The van der Waals surface area contributed by atoms with Crippen molar-refractivity contribution in [2.24, 2.45) is 5.92 Å². The molecule has 1 aliphatic heterocycles. The lowest BCUT2D eigenvalue weighted by Crippen LogP contribution is -2.21. The lowest BCUT2D eigenvalue weighted by molar-refractivity contribution is -0.108. The van der Waals surface area contributed by atoms with E-state index in [9.17, 15) is 4.79 Å². The molecule has 0 amide bonds. The van der Waals surface area contributed by atoms with Crippen LogP contribution in [0.2, 0.25) is 18.1 Å². The molecule has 0 aromatic rings. The molecule has 0 aromatic carbocycles. The number of hydrogen-bond donors (Lipinski definition) is 0. The maximum Gasteiger partial charge on any atom is 0.120 e. The summed E-state index contributed by atoms with van der Waals surface area (Å²) in [6.45, 7) is 2.30. The highest BCUT2D eigenvalue weighted by Crippen LogP contribution is 2.28. The number of rotatable bonds is 4. The Morgan fingerprint density at radius 2 is 2.08 bits per heavy atom. The van der Waals surface area contributed by atoms with Crippen molar-refractivity contribution in [2.45, 2.75) is 50.7 Å². The van der Waals surface area contributed by atoms with Gasteiger partial charge in [0.15, 0.2) is 0 Å². The Bertz CT molecular complexity index is 128. The Labute approximate surface area is 77.2 Å². The van der Waals surface area contributed by atoms with Crippen LogP contribution in [-0.4, -0.2) is 15.1 Å². The maximum absolute atomic E-state index is 10.3. The third-order valence-corrected chi connectivity index (χ3v) is 6.79. The van der Waals surface area contributed by atoms with E-state index in [0.717, 1.165) is 18.6 Å². The van der Waals surface area contributed by atoms with Crippen molar-refractivity contribution in [3.63, 3.8) is 0 Å². The van der Waals surface area contributed by atoms with Crippen molar-refractivity contribution in [3.8, 4) is 0 Å². The van der Waals surface area contributed by atoms with Gasteiger partial charge in [-0.25, -0.2) is 0 Å². The molecular weight excluding hydrogens is 164 g/mol. The Hall–Kier alpha value is -0.113. The molecular formula is C10H20OSi. The highest BCUT2D eigenvalue weighted by Gasteiger charge is 2.20. The quantitative estimate of drug-likeness (QED) is 0.485. The third-order valence-electron chi connectivity index (χ3n) is 3.09. The molecule has 1 fully saturated rings. The Balaban J connectivity index is 2.15. The second-order valence-electron chi connectivity index (χ2n) is 4.08. The summed E-state index contributed by atoms with van der Waals surface area (Å²) >= 11 is 0. The van der Waals surface area contributed by atoms with Gasteiger partial charge in [0.2, 0.25) is 0 Å². The van der Waals surface area contributed by atoms with Crippen LogP contribution < -0.4 is 0 Å². The Kier molecular flexibility index (Phi) is 4.59. The topological polar surface area (TPSA) is 17.1 Å². The van der Waals surface area contributed by atoms with Gasteiger partial charge in [0, 0.05) is 15.2 Å². The first-order chi connectivity index (χ1) is 5.86. The zero-order valence-electron chi connectivity index (χ0n) is 8.09. The summed E-state index contributed by atoms with van der Waals surface area (Å²) in [6.07, 6.45) is 6.03. The van der Waals surface area contributed by atoms with Gasteiger partial charge in [0.05, 0.1) is 0 Å². The van der Waals surface area contributed by atoms with Gasteiger partial charge >= 0.3 is 0 Å². The zero-order valence-corrected chi connectivity index (χ0v) is 9.24. The first-order valence-corrected chi connectivity index (χ1v) is 7.75. The van der Waals surface area contributed by atoms with Crippen LogP contribution in [0.25, 0.3) is 0 Å². The smallest absolute Gasteiger partial charge is 0.120 e. The van der Waals surface area contributed by atoms with Crippen molar-refractivity contribution >= 4 is 15.1 Å². The minimum Gasteiger partial charge on any atom is -0.303 e. The summed E-state index contributed by atoms with van der Waals surface area (Å²) in [6, 6.07) is 4.55. The maximum atomic E-state index is 10.3. The normalized spacial score (nSPS) is 30.1. The van der Waals surface area contributed by atoms with Crippen molar-refractivity contribution in [1.82, 2.24) is 0 Å². The first-order valence-electron chi connectivity index (χ1n) is 5.30. The predicted molar refractivity (Wildman–Crippen MR) is 55.3 cm³/mol. The van der Waals surface area contributed by atoms with Crippen LogP contribution in [0.3, 0.4) is 0 Å². The van der Waals surface area contributed by atoms with Gasteiger partial charge in [-0.2, -0.15) is 0 Å². The highest BCUT2D eigenvalue weighted by atomic mass is 28.3. The highest BCUT2D eigenvalue weighted by molar-refractivity contribution is 6.58. The van der Waals surface area contributed by atoms with E-state index in [2.05, 4.69) is 6.92 Å². The van der Waals surface area contributed by atoms with E-state index >= 15 is 0 Å². The molecule has 0 N–H and O–H groups in total. The van der Waals surface area contributed by atoms with Crippen LogP contribution in [-0.2, 0) is 4.79 Å². The number of hydrogen-bond acceptors (Lipinski definition) is 1. The molecule has 1 saturated heterocycles. The molecule has 0 saturated carbocycles. The molecule has 70 valence electrons. The van der Waals surface area contributed by atoms with E-state index in [-0.39, 0.29) is 8.80 Å². The lowest BCUT2D eigenvalue weighted by atomic mass is 10.00. The van der Waals surface area contributed by atoms with Gasteiger partial charge < -0.3 is 4.79 Å². The summed E-state index contributed by atoms with van der Waals surface area (Å²) in [7, 11) is -0.306. The number of aldehydes is 1. The molecule has 0 aliphatic carbocycles. The summed E-state index contributed by atoms with van der Waals surface area (Å²) in [5.74, 6) is 0.753. The fourth-order valence-electron chi connectivity index (χ4n) is 2.30. The average molecular weight is 184 g/mol. The van der Waals surface area contributed by atoms with Crippen LogP contribution in [0.5, 0.6) is 0 Å². The average Bonchev–Trinajstić information content (AvgIpc) is 2.09. The molecule has 1 rings (SSSR count). The molecule has 1 nitrogen and oxygen atoms in total. The SMILES string of the molecule is CCC[SiH]1CCC(CC=O)CC1. The van der Waals surface area contributed by atoms with Gasteiger partial charge in [-0.05, 0) is 5.92 Å². The largest absolute Gasteiger partial charge is 0.303 e. The first kappa shape index (κ1) is 9.97. The van der Waals surface area contributed by atoms with E-state index in [0.29, 0.717) is 0 Å². The van der Waals surface area contributed by atoms with Crippen LogP contribution in [0.15, 0.2) is 0 Å². The summed E-state index contributed by atoms with van der Waals surface area (Å²) < 4.78 is 0. The van der Waals surface area contributed by atoms with E-state index in [1.165, 1.54) is 37.4 Å². The number of carbonyl (C=O) groups is 1. The van der Waals surface area contributed by atoms with E-state index in [4.69, 9.17) is 0 Å². The third kappa shape index (κ3) is 3.09. The van der Waals surface area contributed by atoms with Gasteiger partial charge in [0.1, 0.15) is 6.29 Å². The summed E-state index contributed by atoms with van der Waals surface area (Å²) in [5, 5.41) is 0. The molecule has 0 unspecified atom stereocenters. The van der Waals surface area contributed by atoms with Crippen molar-refractivity contribution in [3.05, 3.63) is 0 Å². The molecule has 1 heterocycles. The standard InChI is InChI=1S/C10H20OSi/c1-2-7-12-8-4-10(3-6-11)5-9-12/h6,10,12H,2-5,7-9H2,1H3. The van der Waals surface area contributed by atoms with E-state index < -0.39 is 0 Å². The van der Waals surface area contributed by atoms with Gasteiger partial charge in [-0.1, -0.05) is 44.3 Å². The van der Waals surface area contributed by atoms with Gasteiger partial charge in [-0.3, -0.25) is 0 Å². The van der Waals surface area contributed by atoms with Crippen LogP contribution >= 0.6 is 0 Å². The zero-order chi connectivity index (χ0) is 8.81. The molecule has 0 atom stereocenters. The fraction of sp³-hybridized carbons (Fsp3) is 0.900. The lowest BCUT2D eigenvalue weighted by Gasteiger charge is -2.25. The molecule has 0 radical (unpaired) electrons. The minimum absolute atomic E-state index is 0.306. The van der Waals surface area contributed by atoms with E-state index in [1.54, 1.807) is 0 Å². The van der Waals surface area contributed by atoms with E-state index in [1.807, 2.05) is 0 Å². The number of carbonyl (C=O) groups excluding carboxylic acids is 1. The molecule has 2 heteroatoms. The minimum atomic E-state index is -0.306. The molecule has 0 spiro atoms. The van der Waals surface area contributed by atoms with Crippen LogP contribution in [0.4, 0.5) is 0 Å². The Morgan fingerprint density at radius 1 is 1.42 bits per heavy atom. The second kappa shape index (κ2) is 5.52. The summed E-state index contributed by atoms with van der Waals surface area (Å²) in [5.41, 5.74) is 0. The monoisotopic (exact) mass is 184 g/mol. The Morgan fingerprint density at radius 3 is 2.58 bits per heavy atom. The molecule has 12 heavy (non-hydrogen) atoms. The van der Waals surface area contributed by atoms with Crippen LogP contribution in [0.1, 0.15) is 32.6 Å².